The van der Waals surface area contributed by atoms with Crippen molar-refractivity contribution in [1.29, 1.82) is 0 Å². The molecular weight excluding hydrogens is 990 g/mol. The number of benzene rings is 6. The molecule has 0 spiro atoms. The predicted molar refractivity (Wildman–Crippen MR) is 270 cm³/mol. The summed E-state index contributed by atoms with van der Waals surface area (Å²) in [5.41, 5.74) is 14.1. The van der Waals surface area contributed by atoms with E-state index in [2.05, 4.69) is 223 Å². The van der Waals surface area contributed by atoms with Crippen LogP contribution < -0.4 is 4.74 Å². The third-order valence-corrected chi connectivity index (χ3v) is 12.9. The van der Waals surface area contributed by atoms with E-state index in [1.54, 1.807) is 0 Å². The molecule has 66 heavy (non-hydrogen) atoms. The molecule has 0 saturated heterocycles. The van der Waals surface area contributed by atoms with E-state index in [-0.39, 0.29) is 31.9 Å². The minimum atomic E-state index is -0.217. The minimum Gasteiger partial charge on any atom is -0.509 e. The fourth-order valence-electron chi connectivity index (χ4n) is 9.79. The van der Waals surface area contributed by atoms with Gasteiger partial charge in [0, 0.05) is 51.0 Å². The number of rotatable bonds is 8. The predicted octanol–water partition coefficient (Wildman–Crippen LogP) is 15.7. The number of aromatic nitrogens is 5. The molecule has 0 atom stereocenters. The molecule has 0 saturated carbocycles. The first kappa shape index (κ1) is 44.9. The largest absolute Gasteiger partial charge is 2.00 e. The number of ether oxygens (including phenoxy) is 1. The van der Waals surface area contributed by atoms with Crippen molar-refractivity contribution in [2.45, 2.75) is 98.8 Å². The fraction of sp³-hybridized carbons (Fsp3) is 0.254. The summed E-state index contributed by atoms with van der Waals surface area (Å²) in [4.78, 5) is 5.10. The van der Waals surface area contributed by atoms with Gasteiger partial charge in [-0.25, -0.2) is 4.98 Å². The van der Waals surface area contributed by atoms with Gasteiger partial charge in [-0.05, 0) is 64.1 Å². The van der Waals surface area contributed by atoms with Gasteiger partial charge in [-0.2, -0.15) is 11.2 Å². The second-order valence-corrected chi connectivity index (χ2v) is 20.2. The van der Waals surface area contributed by atoms with Crippen LogP contribution in [0.2, 0.25) is 0 Å². The third kappa shape index (κ3) is 7.67. The van der Waals surface area contributed by atoms with Gasteiger partial charge >= 0.3 is 21.1 Å². The number of fused-ring (bicyclic) bond motifs is 6. The van der Waals surface area contributed by atoms with Crippen LogP contribution in [0.5, 0.6) is 11.5 Å². The molecule has 0 aliphatic rings. The molecule has 0 radical (unpaired) electrons. The fourth-order valence-corrected chi connectivity index (χ4v) is 9.79. The zero-order valence-corrected chi connectivity index (χ0v) is 42.1. The first-order valence-corrected chi connectivity index (χ1v) is 23.0. The van der Waals surface area contributed by atoms with Crippen LogP contribution in [0.1, 0.15) is 109 Å². The molecule has 4 heterocycles. The molecule has 0 amide bonds. The maximum absolute atomic E-state index is 6.88. The molecule has 0 aliphatic carbocycles. The zero-order chi connectivity index (χ0) is 45.5. The molecule has 334 valence electrons. The quantitative estimate of drug-likeness (QED) is 0.143. The van der Waals surface area contributed by atoms with Gasteiger partial charge in [0.15, 0.2) is 0 Å². The normalized spacial score (nSPS) is 12.3. The SMILES string of the molecule is Cc1nn(-c2[c-]c(Oc3[c-]c4c(cc3)c3ccccc3n4-c3cc(-n4c5c(C(C)C)cccc5c5cccc(C(C)C)c54)ccn3)cc(C(C)(C)C)c2)c(C(C)(C)C)c1-c1ccccc1.[Pt+2]. The summed E-state index contributed by atoms with van der Waals surface area (Å²) in [7, 11) is 0. The second-order valence-electron chi connectivity index (χ2n) is 20.2. The number of para-hydroxylation sites is 3. The monoisotopic (exact) mass is 1050 g/mol. The molecule has 7 heteroatoms. The first-order chi connectivity index (χ1) is 31.1. The van der Waals surface area contributed by atoms with Crippen molar-refractivity contribution in [3.05, 3.63) is 174 Å². The van der Waals surface area contributed by atoms with Crippen LogP contribution in [0.3, 0.4) is 0 Å². The van der Waals surface area contributed by atoms with E-state index in [0.717, 1.165) is 67.1 Å². The Bertz CT molecular complexity index is 3380. The van der Waals surface area contributed by atoms with Crippen molar-refractivity contribution >= 4 is 43.6 Å². The van der Waals surface area contributed by atoms with E-state index in [1.807, 2.05) is 12.3 Å². The summed E-state index contributed by atoms with van der Waals surface area (Å²) >= 11 is 0. The van der Waals surface area contributed by atoms with Crippen LogP contribution in [-0.2, 0) is 31.9 Å². The van der Waals surface area contributed by atoms with Crippen molar-refractivity contribution in [1.82, 2.24) is 23.9 Å². The average molecular weight is 1050 g/mol. The Labute approximate surface area is 403 Å². The first-order valence-electron chi connectivity index (χ1n) is 23.0. The summed E-state index contributed by atoms with van der Waals surface area (Å²) in [6.07, 6.45) is 1.94. The van der Waals surface area contributed by atoms with E-state index in [1.165, 1.54) is 32.9 Å². The van der Waals surface area contributed by atoms with Crippen molar-refractivity contribution in [2.75, 3.05) is 0 Å². The van der Waals surface area contributed by atoms with Gasteiger partial charge in [-0.3, -0.25) is 4.68 Å². The van der Waals surface area contributed by atoms with Gasteiger partial charge in [-0.15, -0.1) is 41.3 Å². The third-order valence-electron chi connectivity index (χ3n) is 12.9. The molecule has 6 aromatic carbocycles. The Morgan fingerprint density at radius 2 is 1.23 bits per heavy atom. The Morgan fingerprint density at radius 1 is 0.591 bits per heavy atom. The standard InChI is InChI=1S/C59H57N5O.Pt/c1-36(2)45-22-17-24-49-50-25-18-23-46(37(3)4)56(50)62(55(45)49)41-29-30-60-53(34-41)63-51-26-16-15-21-47(51)48-28-27-43(35-52(48)63)65-44-32-40(58(6,7)8)31-42(33-44)64-57(59(9,10)11)54(38(5)61-64)39-19-13-12-14-20-39;/h12-32,34,36-37H,1-11H3;/q-2;+2. The molecule has 0 N–H and O–H groups in total. The van der Waals surface area contributed by atoms with Gasteiger partial charge in [0.2, 0.25) is 0 Å². The minimum absolute atomic E-state index is 0. The topological polar surface area (TPSA) is 49.8 Å². The molecular formula is C59H57N5OPt. The van der Waals surface area contributed by atoms with Crippen LogP contribution in [0.15, 0.2) is 134 Å². The molecule has 0 unspecified atom stereocenters. The summed E-state index contributed by atoms with van der Waals surface area (Å²) in [6, 6.07) is 52.9. The van der Waals surface area contributed by atoms with E-state index in [0.29, 0.717) is 23.3 Å². The van der Waals surface area contributed by atoms with E-state index < -0.39 is 0 Å². The smallest absolute Gasteiger partial charge is 0.509 e. The van der Waals surface area contributed by atoms with Gasteiger partial charge in [0.25, 0.3) is 0 Å². The number of hydrogen-bond acceptors (Lipinski definition) is 3. The Kier molecular flexibility index (Phi) is 11.5. The second kappa shape index (κ2) is 16.9. The average Bonchev–Trinajstić information content (AvgIpc) is 3.93. The van der Waals surface area contributed by atoms with Crippen LogP contribution in [-0.4, -0.2) is 23.9 Å². The Morgan fingerprint density at radius 3 is 1.86 bits per heavy atom. The molecule has 6 nitrogen and oxygen atoms in total. The van der Waals surface area contributed by atoms with Gasteiger partial charge in [-0.1, -0.05) is 160 Å². The van der Waals surface area contributed by atoms with E-state index in [9.17, 15) is 0 Å². The molecule has 0 fully saturated rings. The Hall–Kier alpha value is -6.23. The van der Waals surface area contributed by atoms with Gasteiger partial charge < -0.3 is 13.9 Å². The number of nitrogens with zero attached hydrogens (tertiary/aromatic N) is 5. The van der Waals surface area contributed by atoms with Crippen molar-refractivity contribution in [3.8, 4) is 39.8 Å². The number of aryl methyl sites for hydroxylation is 1. The maximum Gasteiger partial charge on any atom is 2.00 e. The van der Waals surface area contributed by atoms with E-state index in [4.69, 9.17) is 14.8 Å². The van der Waals surface area contributed by atoms with E-state index >= 15 is 0 Å². The summed E-state index contributed by atoms with van der Waals surface area (Å²) in [5, 5.41) is 9.93. The van der Waals surface area contributed by atoms with Crippen LogP contribution >= 0.6 is 0 Å². The number of hydrogen-bond donors (Lipinski definition) is 0. The van der Waals surface area contributed by atoms with Crippen LogP contribution in [0, 0.1) is 19.1 Å². The molecule has 0 bridgehead atoms. The molecule has 10 aromatic rings. The summed E-state index contributed by atoms with van der Waals surface area (Å²) in [5.74, 6) is 2.68. The number of pyridine rings is 1. The van der Waals surface area contributed by atoms with Crippen LogP contribution in [0.25, 0.3) is 71.9 Å². The zero-order valence-electron chi connectivity index (χ0n) is 39.8. The van der Waals surface area contributed by atoms with Crippen molar-refractivity contribution in [3.63, 3.8) is 0 Å². The van der Waals surface area contributed by atoms with Crippen molar-refractivity contribution < 1.29 is 25.8 Å². The van der Waals surface area contributed by atoms with Crippen molar-refractivity contribution in [2.24, 2.45) is 0 Å². The van der Waals surface area contributed by atoms with Gasteiger partial charge in [0.1, 0.15) is 5.82 Å². The van der Waals surface area contributed by atoms with Crippen LogP contribution in [0.4, 0.5) is 0 Å². The molecule has 0 aliphatic heterocycles. The van der Waals surface area contributed by atoms with Gasteiger partial charge in [0.05, 0.1) is 28.1 Å². The molecule has 10 rings (SSSR count). The maximum atomic E-state index is 6.88. The molecule has 4 aromatic heterocycles. The summed E-state index contributed by atoms with van der Waals surface area (Å²) < 4.78 is 13.7. The summed E-state index contributed by atoms with van der Waals surface area (Å²) in [6.45, 7) is 24.7. The Balaban J connectivity index is 0.00000548.